The molecule has 7 nitrogen and oxygen atoms in total. The number of carbonyl (C=O) groups is 1. The Labute approximate surface area is 226 Å². The molecule has 3 atom stereocenters. The van der Waals surface area contributed by atoms with Crippen LogP contribution in [0.5, 0.6) is 0 Å². The molecule has 38 heavy (non-hydrogen) atoms. The van der Waals surface area contributed by atoms with Gasteiger partial charge in [0.2, 0.25) is 0 Å². The summed E-state index contributed by atoms with van der Waals surface area (Å²) in [7, 11) is 2.14. The lowest BCUT2D eigenvalue weighted by molar-refractivity contribution is -0.0985. The highest BCUT2D eigenvalue weighted by Gasteiger charge is 2.46. The fraction of sp³-hybridized carbons (Fsp3) is 0.581. The van der Waals surface area contributed by atoms with Gasteiger partial charge in [0.15, 0.2) is 0 Å². The Hall–Kier alpha value is -2.61. The summed E-state index contributed by atoms with van der Waals surface area (Å²) in [5, 5.41) is 14.4. The number of ether oxygens (including phenoxy) is 1. The average Bonchev–Trinajstić information content (AvgIpc) is 3.67. The molecular formula is C31H42N4O3. The highest BCUT2D eigenvalue weighted by molar-refractivity contribution is 6.01. The maximum absolute atomic E-state index is 14.4. The molecule has 2 aliphatic carbocycles. The number of hydrogen-bond donors (Lipinski definition) is 2. The number of piperazine rings is 1. The number of rotatable bonds is 6. The molecule has 2 N–H and O–H groups in total. The van der Waals surface area contributed by atoms with Crippen LogP contribution in [-0.4, -0.2) is 85.6 Å². The van der Waals surface area contributed by atoms with Gasteiger partial charge < -0.3 is 29.9 Å². The van der Waals surface area contributed by atoms with E-state index in [9.17, 15) is 9.90 Å². The molecule has 6 rings (SSSR count). The van der Waals surface area contributed by atoms with Gasteiger partial charge in [0, 0.05) is 49.7 Å². The zero-order chi connectivity index (χ0) is 26.5. The third-order valence-electron chi connectivity index (χ3n) is 9.26. The van der Waals surface area contributed by atoms with Crippen LogP contribution in [0.25, 0.3) is 0 Å². The van der Waals surface area contributed by atoms with E-state index in [1.54, 1.807) is 0 Å². The van der Waals surface area contributed by atoms with E-state index in [4.69, 9.17) is 4.74 Å². The van der Waals surface area contributed by atoms with Crippen LogP contribution in [0.1, 0.15) is 43.5 Å². The molecule has 1 saturated carbocycles. The number of hydrogen-bond acceptors (Lipinski definition) is 6. The second-order valence-corrected chi connectivity index (χ2v) is 12.4. The summed E-state index contributed by atoms with van der Waals surface area (Å²) in [6, 6.07) is 6.06. The Morgan fingerprint density at radius 2 is 1.97 bits per heavy atom. The van der Waals surface area contributed by atoms with Gasteiger partial charge in [0.1, 0.15) is 5.72 Å². The lowest BCUT2D eigenvalue weighted by atomic mass is 9.85. The first-order valence-electron chi connectivity index (χ1n) is 14.3. The summed E-state index contributed by atoms with van der Waals surface area (Å²) in [6.45, 7) is 9.88. The van der Waals surface area contributed by atoms with Crippen molar-refractivity contribution >= 4 is 17.3 Å². The number of nitrogens with zero attached hydrogens (tertiary/aromatic N) is 3. The third kappa shape index (κ3) is 4.92. The zero-order valence-electron chi connectivity index (χ0n) is 23.0. The molecule has 1 amide bonds. The summed E-state index contributed by atoms with van der Waals surface area (Å²) in [6.07, 6.45) is 13.8. The molecule has 3 aliphatic heterocycles. The van der Waals surface area contributed by atoms with Crippen molar-refractivity contribution in [2.24, 2.45) is 17.3 Å². The van der Waals surface area contributed by atoms with E-state index in [0.717, 1.165) is 75.6 Å². The van der Waals surface area contributed by atoms with Gasteiger partial charge in [-0.1, -0.05) is 37.3 Å². The molecule has 5 aliphatic rings. The molecule has 3 heterocycles. The minimum atomic E-state index is -0.942. The van der Waals surface area contributed by atoms with Crippen molar-refractivity contribution in [1.29, 1.82) is 0 Å². The van der Waals surface area contributed by atoms with Gasteiger partial charge >= 0.3 is 0 Å². The molecule has 4 fully saturated rings. The molecule has 0 bridgehead atoms. The Bertz CT molecular complexity index is 1160. The lowest BCUT2D eigenvalue weighted by Gasteiger charge is -2.43. The van der Waals surface area contributed by atoms with Crippen LogP contribution in [0, 0.1) is 17.3 Å². The van der Waals surface area contributed by atoms with E-state index in [0.29, 0.717) is 6.54 Å². The van der Waals surface area contributed by atoms with Crippen molar-refractivity contribution in [2.75, 3.05) is 63.2 Å². The number of nitrogens with one attached hydrogen (secondary N) is 1. The molecule has 204 valence electrons. The van der Waals surface area contributed by atoms with Crippen LogP contribution in [0.4, 0.5) is 11.4 Å². The van der Waals surface area contributed by atoms with Crippen molar-refractivity contribution < 1.29 is 14.6 Å². The number of amides is 1. The van der Waals surface area contributed by atoms with E-state index in [2.05, 4.69) is 70.4 Å². The van der Waals surface area contributed by atoms with Crippen LogP contribution in [0.15, 0.2) is 54.2 Å². The third-order valence-corrected chi connectivity index (χ3v) is 9.26. The molecule has 3 saturated heterocycles. The number of allylic oxidation sites excluding steroid dienone is 5. The number of likely N-dealkylation sites (N-methyl/N-ethyl adjacent to an activating group) is 1. The Kier molecular flexibility index (Phi) is 6.65. The summed E-state index contributed by atoms with van der Waals surface area (Å²) < 4.78 is 5.58. The highest BCUT2D eigenvalue weighted by Crippen LogP contribution is 2.43. The predicted molar refractivity (Wildman–Crippen MR) is 151 cm³/mol. The van der Waals surface area contributed by atoms with Crippen LogP contribution in [0.2, 0.25) is 0 Å². The van der Waals surface area contributed by atoms with Crippen molar-refractivity contribution in [1.82, 2.24) is 9.80 Å². The van der Waals surface area contributed by atoms with Gasteiger partial charge in [-0.15, -0.1) is 0 Å². The van der Waals surface area contributed by atoms with Crippen LogP contribution >= 0.6 is 0 Å². The quantitative estimate of drug-likeness (QED) is 0.557. The maximum Gasteiger partial charge on any atom is 0.256 e. The zero-order valence-corrected chi connectivity index (χ0v) is 23.0. The first kappa shape index (κ1) is 25.7. The van der Waals surface area contributed by atoms with Crippen molar-refractivity contribution in [3.05, 3.63) is 59.7 Å². The standard InChI is InChI=1S/C31H42N4O3/c1-22-7-5-4-6-8-25(22)28-18-33(3)15-16-35(28)29(36)26-12-11-24(32-30(2,37)23-9-10-23)17-27(26)34-14-13-31(19-34)20-38-21-31/h4-8,11-12,17,22-23,28,32,37H,9-10,13-16,18-21H2,1-3H3. The molecule has 3 unspecified atom stereocenters. The fourth-order valence-electron chi connectivity index (χ4n) is 6.60. The highest BCUT2D eigenvalue weighted by atomic mass is 16.5. The van der Waals surface area contributed by atoms with Crippen molar-refractivity contribution in [2.45, 2.75) is 44.9 Å². The van der Waals surface area contributed by atoms with Crippen molar-refractivity contribution in [3.63, 3.8) is 0 Å². The molecule has 1 spiro atoms. The Balaban J connectivity index is 1.33. The normalized spacial score (nSPS) is 28.6. The van der Waals surface area contributed by atoms with E-state index >= 15 is 0 Å². The number of benzene rings is 1. The van der Waals surface area contributed by atoms with Gasteiger partial charge in [-0.2, -0.15) is 0 Å². The summed E-state index contributed by atoms with van der Waals surface area (Å²) in [5.74, 6) is 0.637. The summed E-state index contributed by atoms with van der Waals surface area (Å²) in [5.41, 5.74) is 3.13. The second kappa shape index (κ2) is 9.85. The van der Waals surface area contributed by atoms with Gasteiger partial charge in [-0.25, -0.2) is 0 Å². The Morgan fingerprint density at radius 3 is 2.68 bits per heavy atom. The topological polar surface area (TPSA) is 68.3 Å². The molecular weight excluding hydrogens is 476 g/mol. The van der Waals surface area contributed by atoms with E-state index in [1.807, 2.05) is 19.1 Å². The van der Waals surface area contributed by atoms with E-state index in [1.165, 1.54) is 5.57 Å². The largest absolute Gasteiger partial charge is 0.380 e. The molecule has 0 aromatic heterocycles. The first-order chi connectivity index (χ1) is 18.2. The number of anilines is 2. The van der Waals surface area contributed by atoms with Crippen LogP contribution in [0.3, 0.4) is 0 Å². The maximum atomic E-state index is 14.4. The van der Waals surface area contributed by atoms with E-state index in [-0.39, 0.29) is 29.2 Å². The van der Waals surface area contributed by atoms with Gasteiger partial charge in [0.25, 0.3) is 5.91 Å². The average molecular weight is 519 g/mol. The molecule has 1 aromatic carbocycles. The van der Waals surface area contributed by atoms with Crippen LogP contribution < -0.4 is 10.2 Å². The number of aliphatic hydroxyl groups is 1. The van der Waals surface area contributed by atoms with Crippen molar-refractivity contribution in [3.8, 4) is 0 Å². The van der Waals surface area contributed by atoms with E-state index < -0.39 is 5.72 Å². The summed E-state index contributed by atoms with van der Waals surface area (Å²) >= 11 is 0. The molecule has 0 radical (unpaired) electrons. The molecule has 7 heteroatoms. The van der Waals surface area contributed by atoms with Gasteiger partial charge in [-0.05, 0) is 62.9 Å². The van der Waals surface area contributed by atoms with Gasteiger partial charge in [0.05, 0.1) is 30.5 Å². The van der Waals surface area contributed by atoms with Crippen LogP contribution in [-0.2, 0) is 4.74 Å². The number of carbonyl (C=O) groups excluding carboxylic acids is 1. The summed E-state index contributed by atoms with van der Waals surface area (Å²) in [4.78, 5) is 21.2. The monoisotopic (exact) mass is 518 g/mol. The minimum absolute atomic E-state index is 0.0230. The second-order valence-electron chi connectivity index (χ2n) is 12.4. The fourth-order valence-corrected chi connectivity index (χ4v) is 6.60. The minimum Gasteiger partial charge on any atom is -0.380 e. The predicted octanol–water partition coefficient (Wildman–Crippen LogP) is 3.89. The smallest absolute Gasteiger partial charge is 0.256 e. The first-order valence-corrected chi connectivity index (χ1v) is 14.3. The Morgan fingerprint density at radius 1 is 1.16 bits per heavy atom. The molecule has 1 aromatic rings. The SMILES string of the molecule is CC1C=CC=CC=C1C1CN(C)CCN1C(=O)c1ccc(NC(C)(O)C2CC2)cc1N1CCC2(COC2)C1. The lowest BCUT2D eigenvalue weighted by Crippen LogP contribution is -2.55. The van der Waals surface area contributed by atoms with Gasteiger partial charge in [-0.3, -0.25) is 4.79 Å².